The SMILES string of the molecule is CCOCC(=O)N(C1CC1)C1CCNC1.Cl. The Morgan fingerprint density at radius 1 is 1.38 bits per heavy atom. The lowest BCUT2D eigenvalue weighted by Gasteiger charge is -2.28. The summed E-state index contributed by atoms with van der Waals surface area (Å²) in [4.78, 5) is 14.0. The number of hydrogen-bond donors (Lipinski definition) is 1. The van der Waals surface area contributed by atoms with Crippen molar-refractivity contribution >= 4 is 18.3 Å². The first-order chi connectivity index (χ1) is 7.33. The van der Waals surface area contributed by atoms with E-state index < -0.39 is 0 Å². The second-order valence-corrected chi connectivity index (χ2v) is 4.32. The fraction of sp³-hybridized carbons (Fsp3) is 0.909. The molecule has 1 unspecified atom stereocenters. The molecule has 1 atom stereocenters. The minimum atomic E-state index is 0. The van der Waals surface area contributed by atoms with Crippen LogP contribution in [0.5, 0.6) is 0 Å². The Balaban J connectivity index is 0.00000128. The van der Waals surface area contributed by atoms with Crippen LogP contribution in [0, 0.1) is 0 Å². The molecule has 2 rings (SSSR count). The van der Waals surface area contributed by atoms with Gasteiger partial charge in [0.2, 0.25) is 5.91 Å². The molecule has 0 bridgehead atoms. The summed E-state index contributed by atoms with van der Waals surface area (Å²) in [7, 11) is 0. The van der Waals surface area contributed by atoms with Crippen LogP contribution in [0.15, 0.2) is 0 Å². The molecule has 0 aromatic rings. The molecular weight excluding hydrogens is 228 g/mol. The number of nitrogens with one attached hydrogen (secondary N) is 1. The van der Waals surface area contributed by atoms with Gasteiger partial charge < -0.3 is 15.0 Å². The summed E-state index contributed by atoms with van der Waals surface area (Å²) in [5, 5.41) is 3.31. The van der Waals surface area contributed by atoms with Crippen molar-refractivity contribution in [2.24, 2.45) is 0 Å². The summed E-state index contributed by atoms with van der Waals surface area (Å²) >= 11 is 0. The molecule has 0 radical (unpaired) electrons. The standard InChI is InChI=1S/C11H20N2O2.ClH/c1-2-15-8-11(14)13(9-3-4-9)10-5-6-12-7-10;/h9-10,12H,2-8H2,1H3;1H. The van der Waals surface area contributed by atoms with Crippen molar-refractivity contribution in [3.05, 3.63) is 0 Å². The largest absolute Gasteiger partial charge is 0.372 e. The van der Waals surface area contributed by atoms with Gasteiger partial charge in [0.1, 0.15) is 6.61 Å². The van der Waals surface area contributed by atoms with Crippen molar-refractivity contribution in [1.29, 1.82) is 0 Å². The van der Waals surface area contributed by atoms with E-state index in [4.69, 9.17) is 4.74 Å². The molecule has 1 heterocycles. The van der Waals surface area contributed by atoms with Crippen LogP contribution in [0.25, 0.3) is 0 Å². The van der Waals surface area contributed by atoms with Crippen LogP contribution in [0.2, 0.25) is 0 Å². The number of carbonyl (C=O) groups excluding carboxylic acids is 1. The number of halogens is 1. The summed E-state index contributed by atoms with van der Waals surface area (Å²) in [6.07, 6.45) is 3.44. The molecule has 1 N–H and O–H groups in total. The summed E-state index contributed by atoms with van der Waals surface area (Å²) in [5.74, 6) is 0.174. The summed E-state index contributed by atoms with van der Waals surface area (Å²) in [6.45, 7) is 4.78. The molecule has 16 heavy (non-hydrogen) atoms. The highest BCUT2D eigenvalue weighted by molar-refractivity contribution is 5.85. The number of ether oxygens (including phenoxy) is 1. The number of hydrogen-bond acceptors (Lipinski definition) is 3. The Bertz CT molecular complexity index is 228. The van der Waals surface area contributed by atoms with Gasteiger partial charge in [-0.1, -0.05) is 0 Å². The van der Waals surface area contributed by atoms with Crippen LogP contribution in [0.4, 0.5) is 0 Å². The monoisotopic (exact) mass is 248 g/mol. The van der Waals surface area contributed by atoms with E-state index in [0.717, 1.165) is 19.5 Å². The zero-order chi connectivity index (χ0) is 10.7. The molecule has 1 saturated carbocycles. The Hall–Kier alpha value is -0.320. The van der Waals surface area contributed by atoms with E-state index >= 15 is 0 Å². The Labute approximate surface area is 103 Å². The minimum Gasteiger partial charge on any atom is -0.372 e. The highest BCUT2D eigenvalue weighted by Crippen LogP contribution is 2.30. The first kappa shape index (κ1) is 13.7. The first-order valence-electron chi connectivity index (χ1n) is 5.92. The van der Waals surface area contributed by atoms with Crippen LogP contribution >= 0.6 is 12.4 Å². The fourth-order valence-electron chi connectivity index (χ4n) is 2.20. The fourth-order valence-corrected chi connectivity index (χ4v) is 2.20. The van der Waals surface area contributed by atoms with Gasteiger partial charge in [-0.3, -0.25) is 4.79 Å². The predicted molar refractivity (Wildman–Crippen MR) is 64.9 cm³/mol. The highest BCUT2D eigenvalue weighted by atomic mass is 35.5. The van der Waals surface area contributed by atoms with Crippen molar-refractivity contribution < 1.29 is 9.53 Å². The lowest BCUT2D eigenvalue weighted by atomic mass is 10.2. The second kappa shape index (κ2) is 6.42. The van der Waals surface area contributed by atoms with Crippen LogP contribution < -0.4 is 5.32 Å². The summed E-state index contributed by atoms with van der Waals surface area (Å²) < 4.78 is 5.20. The highest BCUT2D eigenvalue weighted by Gasteiger charge is 2.38. The maximum Gasteiger partial charge on any atom is 0.249 e. The molecule has 5 heteroatoms. The number of carbonyl (C=O) groups is 1. The molecule has 0 spiro atoms. The van der Waals surface area contributed by atoms with Crippen molar-refractivity contribution in [1.82, 2.24) is 10.2 Å². The molecule has 4 nitrogen and oxygen atoms in total. The maximum atomic E-state index is 11.9. The maximum absolute atomic E-state index is 11.9. The van der Waals surface area contributed by atoms with Crippen molar-refractivity contribution in [2.75, 3.05) is 26.3 Å². The van der Waals surface area contributed by atoms with Gasteiger partial charge in [-0.05, 0) is 32.7 Å². The molecule has 1 aliphatic carbocycles. The Morgan fingerprint density at radius 2 is 2.12 bits per heavy atom. The zero-order valence-electron chi connectivity index (χ0n) is 9.78. The topological polar surface area (TPSA) is 41.6 Å². The smallest absolute Gasteiger partial charge is 0.249 e. The third-order valence-electron chi connectivity index (χ3n) is 3.09. The molecule has 0 aromatic carbocycles. The van der Waals surface area contributed by atoms with Gasteiger partial charge in [0.25, 0.3) is 0 Å². The third kappa shape index (κ3) is 3.34. The van der Waals surface area contributed by atoms with E-state index in [1.54, 1.807) is 0 Å². The van der Waals surface area contributed by atoms with Gasteiger partial charge in [-0.25, -0.2) is 0 Å². The van der Waals surface area contributed by atoms with Gasteiger partial charge >= 0.3 is 0 Å². The van der Waals surface area contributed by atoms with Crippen LogP contribution in [-0.2, 0) is 9.53 Å². The molecule has 94 valence electrons. The van der Waals surface area contributed by atoms with Crippen LogP contribution in [0.3, 0.4) is 0 Å². The van der Waals surface area contributed by atoms with Crippen molar-refractivity contribution in [3.63, 3.8) is 0 Å². The van der Waals surface area contributed by atoms with Crippen LogP contribution in [0.1, 0.15) is 26.2 Å². The predicted octanol–water partition coefficient (Wildman–Crippen LogP) is 0.798. The Morgan fingerprint density at radius 3 is 2.62 bits per heavy atom. The van der Waals surface area contributed by atoms with E-state index in [9.17, 15) is 4.79 Å². The first-order valence-corrected chi connectivity index (χ1v) is 5.92. The van der Waals surface area contributed by atoms with Crippen LogP contribution in [-0.4, -0.2) is 49.2 Å². The number of amides is 1. The van der Waals surface area contributed by atoms with Gasteiger partial charge in [-0.15, -0.1) is 12.4 Å². The molecule has 2 aliphatic rings. The minimum absolute atomic E-state index is 0. The summed E-state index contributed by atoms with van der Waals surface area (Å²) in [5.41, 5.74) is 0. The lowest BCUT2D eigenvalue weighted by Crippen LogP contribution is -2.44. The Kier molecular flexibility index (Phi) is 5.52. The van der Waals surface area contributed by atoms with Gasteiger partial charge in [0.15, 0.2) is 0 Å². The number of nitrogens with zero attached hydrogens (tertiary/aromatic N) is 1. The van der Waals surface area contributed by atoms with Crippen molar-refractivity contribution in [2.45, 2.75) is 38.3 Å². The van der Waals surface area contributed by atoms with E-state index in [1.807, 2.05) is 6.92 Å². The average Bonchev–Trinajstić information content (AvgIpc) is 2.91. The molecule has 2 fully saturated rings. The second-order valence-electron chi connectivity index (χ2n) is 4.32. The van der Waals surface area contributed by atoms with E-state index in [-0.39, 0.29) is 24.9 Å². The van der Waals surface area contributed by atoms with E-state index in [1.165, 1.54) is 12.8 Å². The normalized spacial score (nSPS) is 23.9. The number of rotatable bonds is 5. The molecular formula is C11H21ClN2O2. The third-order valence-corrected chi connectivity index (χ3v) is 3.09. The summed E-state index contributed by atoms with van der Waals surface area (Å²) in [6, 6.07) is 0.910. The molecule has 1 amide bonds. The average molecular weight is 249 g/mol. The zero-order valence-corrected chi connectivity index (χ0v) is 10.6. The van der Waals surface area contributed by atoms with Gasteiger partial charge in [-0.2, -0.15) is 0 Å². The van der Waals surface area contributed by atoms with E-state index in [2.05, 4.69) is 10.2 Å². The van der Waals surface area contributed by atoms with E-state index in [0.29, 0.717) is 18.7 Å². The quantitative estimate of drug-likeness (QED) is 0.783. The van der Waals surface area contributed by atoms with Gasteiger partial charge in [0.05, 0.1) is 0 Å². The lowest BCUT2D eigenvalue weighted by molar-refractivity contribution is -0.138. The molecule has 0 aromatic heterocycles. The molecule has 1 saturated heterocycles. The van der Waals surface area contributed by atoms with Crippen molar-refractivity contribution in [3.8, 4) is 0 Å². The van der Waals surface area contributed by atoms with Gasteiger partial charge in [0, 0.05) is 25.2 Å². The molecule has 1 aliphatic heterocycles.